The number of rotatable bonds is 5. The molecule has 2 aromatic rings. The minimum atomic E-state index is 0.637. The lowest BCUT2D eigenvalue weighted by Gasteiger charge is -2.11. The number of nitrogens with two attached hydrogens (primary N) is 1. The van der Waals surface area contributed by atoms with Crippen molar-refractivity contribution in [3.63, 3.8) is 0 Å². The van der Waals surface area contributed by atoms with Gasteiger partial charge in [0.15, 0.2) is 0 Å². The van der Waals surface area contributed by atoms with Crippen LogP contribution in [0.3, 0.4) is 0 Å². The first-order valence-corrected chi connectivity index (χ1v) is 6.86. The molecule has 0 amide bonds. The highest BCUT2D eigenvalue weighted by Crippen LogP contribution is 2.29. The Morgan fingerprint density at radius 3 is 2.10 bits per heavy atom. The van der Waals surface area contributed by atoms with E-state index < -0.39 is 0 Å². The van der Waals surface area contributed by atoms with E-state index in [1.54, 1.807) is 6.07 Å². The van der Waals surface area contributed by atoms with Gasteiger partial charge in [0.1, 0.15) is 17.2 Å². The van der Waals surface area contributed by atoms with Crippen LogP contribution in [0, 0.1) is 13.8 Å². The van der Waals surface area contributed by atoms with Gasteiger partial charge in [0.05, 0.1) is 6.61 Å². The highest BCUT2D eigenvalue weighted by Gasteiger charge is 2.04. The largest absolute Gasteiger partial charge is 0.493 e. The van der Waals surface area contributed by atoms with Crippen molar-refractivity contribution in [2.75, 3.05) is 12.3 Å². The standard InChI is InChI=1S/C17H21NO2/c1-4-5-19-15-9-14(18)10-17(11-15)20-16-7-12(2)6-13(3)8-16/h6-11H,4-5,18H2,1-3H3. The van der Waals surface area contributed by atoms with E-state index in [-0.39, 0.29) is 0 Å². The topological polar surface area (TPSA) is 44.5 Å². The summed E-state index contributed by atoms with van der Waals surface area (Å²) in [5, 5.41) is 0. The molecular formula is C17H21NO2. The number of hydrogen-bond donors (Lipinski definition) is 1. The summed E-state index contributed by atoms with van der Waals surface area (Å²) in [6.07, 6.45) is 0.960. The summed E-state index contributed by atoms with van der Waals surface area (Å²) < 4.78 is 11.5. The van der Waals surface area contributed by atoms with Crippen LogP contribution >= 0.6 is 0 Å². The van der Waals surface area contributed by atoms with E-state index in [0.717, 1.165) is 17.9 Å². The molecule has 0 unspecified atom stereocenters. The zero-order valence-electron chi connectivity index (χ0n) is 12.3. The van der Waals surface area contributed by atoms with Crippen LogP contribution in [0.5, 0.6) is 17.2 Å². The summed E-state index contributed by atoms with van der Waals surface area (Å²) in [6.45, 7) is 6.84. The van der Waals surface area contributed by atoms with Gasteiger partial charge in [-0.3, -0.25) is 0 Å². The third-order valence-electron chi connectivity index (χ3n) is 2.81. The summed E-state index contributed by atoms with van der Waals surface area (Å²) in [5.41, 5.74) is 8.87. The van der Waals surface area contributed by atoms with E-state index in [9.17, 15) is 0 Å². The first kappa shape index (κ1) is 14.3. The molecule has 0 saturated heterocycles. The van der Waals surface area contributed by atoms with Gasteiger partial charge in [-0.2, -0.15) is 0 Å². The molecular weight excluding hydrogens is 250 g/mol. The van der Waals surface area contributed by atoms with E-state index in [4.69, 9.17) is 15.2 Å². The van der Waals surface area contributed by atoms with Crippen LogP contribution < -0.4 is 15.2 Å². The van der Waals surface area contributed by atoms with Crippen molar-refractivity contribution in [3.8, 4) is 17.2 Å². The molecule has 0 spiro atoms. The molecule has 0 aliphatic rings. The third kappa shape index (κ3) is 3.92. The van der Waals surface area contributed by atoms with Gasteiger partial charge in [-0.1, -0.05) is 13.0 Å². The predicted octanol–water partition coefficient (Wildman–Crippen LogP) is 4.47. The molecule has 0 radical (unpaired) electrons. The van der Waals surface area contributed by atoms with Crippen LogP contribution in [0.2, 0.25) is 0 Å². The Kier molecular flexibility index (Phi) is 4.51. The van der Waals surface area contributed by atoms with Gasteiger partial charge >= 0.3 is 0 Å². The van der Waals surface area contributed by atoms with Crippen LogP contribution in [0.4, 0.5) is 5.69 Å². The second kappa shape index (κ2) is 6.33. The van der Waals surface area contributed by atoms with Gasteiger partial charge < -0.3 is 15.2 Å². The van der Waals surface area contributed by atoms with Crippen molar-refractivity contribution in [2.24, 2.45) is 0 Å². The van der Waals surface area contributed by atoms with Crippen molar-refractivity contribution in [1.82, 2.24) is 0 Å². The molecule has 0 saturated carbocycles. The number of aryl methyl sites for hydroxylation is 2. The summed E-state index contributed by atoms with van der Waals surface area (Å²) in [6, 6.07) is 11.6. The summed E-state index contributed by atoms with van der Waals surface area (Å²) >= 11 is 0. The van der Waals surface area contributed by atoms with Crippen molar-refractivity contribution in [2.45, 2.75) is 27.2 Å². The summed E-state index contributed by atoms with van der Waals surface area (Å²) in [4.78, 5) is 0. The lowest BCUT2D eigenvalue weighted by atomic mass is 10.1. The van der Waals surface area contributed by atoms with Gasteiger partial charge in [-0.05, 0) is 43.5 Å². The maximum atomic E-state index is 5.88. The Morgan fingerprint density at radius 2 is 1.45 bits per heavy atom. The van der Waals surface area contributed by atoms with Crippen LogP contribution in [-0.2, 0) is 0 Å². The smallest absolute Gasteiger partial charge is 0.133 e. The van der Waals surface area contributed by atoms with Crippen molar-refractivity contribution >= 4 is 5.69 Å². The van der Waals surface area contributed by atoms with E-state index in [1.807, 2.05) is 24.3 Å². The average molecular weight is 271 g/mol. The van der Waals surface area contributed by atoms with Gasteiger partial charge in [0.25, 0.3) is 0 Å². The van der Waals surface area contributed by atoms with E-state index in [2.05, 4.69) is 26.8 Å². The number of nitrogen functional groups attached to an aromatic ring is 1. The summed E-state index contributed by atoms with van der Waals surface area (Å²) in [7, 11) is 0. The number of ether oxygens (including phenoxy) is 2. The lowest BCUT2D eigenvalue weighted by molar-refractivity contribution is 0.316. The first-order chi connectivity index (χ1) is 9.56. The Hall–Kier alpha value is -2.16. The predicted molar refractivity (Wildman–Crippen MR) is 82.6 cm³/mol. The van der Waals surface area contributed by atoms with Crippen molar-refractivity contribution in [1.29, 1.82) is 0 Å². The van der Waals surface area contributed by atoms with Crippen molar-refractivity contribution < 1.29 is 9.47 Å². The minimum Gasteiger partial charge on any atom is -0.493 e. The van der Waals surface area contributed by atoms with E-state index in [1.165, 1.54) is 11.1 Å². The fraction of sp³-hybridized carbons (Fsp3) is 0.294. The number of hydrogen-bond acceptors (Lipinski definition) is 3. The third-order valence-corrected chi connectivity index (χ3v) is 2.81. The molecule has 0 heterocycles. The second-order valence-electron chi connectivity index (χ2n) is 5.01. The molecule has 0 bridgehead atoms. The molecule has 0 aliphatic carbocycles. The van der Waals surface area contributed by atoms with Crippen LogP contribution in [-0.4, -0.2) is 6.61 Å². The molecule has 3 nitrogen and oxygen atoms in total. The Balaban J connectivity index is 2.21. The molecule has 0 fully saturated rings. The molecule has 2 aromatic carbocycles. The highest BCUT2D eigenvalue weighted by atomic mass is 16.5. The van der Waals surface area contributed by atoms with Gasteiger partial charge in [-0.15, -0.1) is 0 Å². The maximum Gasteiger partial charge on any atom is 0.133 e. The van der Waals surface area contributed by atoms with E-state index >= 15 is 0 Å². The molecule has 2 N–H and O–H groups in total. The Bertz CT molecular complexity index is 573. The molecule has 20 heavy (non-hydrogen) atoms. The zero-order valence-corrected chi connectivity index (χ0v) is 12.3. The fourth-order valence-corrected chi connectivity index (χ4v) is 2.08. The zero-order chi connectivity index (χ0) is 14.5. The lowest BCUT2D eigenvalue weighted by Crippen LogP contribution is -1.97. The van der Waals surface area contributed by atoms with Crippen LogP contribution in [0.15, 0.2) is 36.4 Å². The molecule has 0 atom stereocenters. The molecule has 3 heteroatoms. The molecule has 0 aliphatic heterocycles. The second-order valence-corrected chi connectivity index (χ2v) is 5.01. The monoisotopic (exact) mass is 271 g/mol. The normalized spacial score (nSPS) is 10.3. The Morgan fingerprint density at radius 1 is 0.850 bits per heavy atom. The average Bonchev–Trinajstić information content (AvgIpc) is 2.34. The number of benzene rings is 2. The highest BCUT2D eigenvalue weighted by molar-refractivity contribution is 5.51. The number of anilines is 1. The molecule has 2 rings (SSSR count). The van der Waals surface area contributed by atoms with E-state index in [0.29, 0.717) is 18.0 Å². The van der Waals surface area contributed by atoms with Crippen LogP contribution in [0.25, 0.3) is 0 Å². The quantitative estimate of drug-likeness (QED) is 0.816. The van der Waals surface area contributed by atoms with Gasteiger partial charge in [0, 0.05) is 23.9 Å². The summed E-state index contributed by atoms with van der Waals surface area (Å²) in [5.74, 6) is 2.25. The molecule has 106 valence electrons. The Labute approximate surface area is 120 Å². The first-order valence-electron chi connectivity index (χ1n) is 6.86. The maximum absolute atomic E-state index is 5.88. The van der Waals surface area contributed by atoms with Gasteiger partial charge in [-0.25, -0.2) is 0 Å². The molecule has 0 aromatic heterocycles. The SMILES string of the molecule is CCCOc1cc(N)cc(Oc2cc(C)cc(C)c2)c1. The fourth-order valence-electron chi connectivity index (χ4n) is 2.08. The van der Waals surface area contributed by atoms with Gasteiger partial charge in [0.2, 0.25) is 0 Å². The minimum absolute atomic E-state index is 0.637. The van der Waals surface area contributed by atoms with Crippen molar-refractivity contribution in [3.05, 3.63) is 47.5 Å². The van der Waals surface area contributed by atoms with Crippen LogP contribution in [0.1, 0.15) is 24.5 Å².